The molecule has 0 aromatic rings. The Kier molecular flexibility index (Phi) is 4.38. The second-order valence-corrected chi connectivity index (χ2v) is 7.97. The molecule has 2 aliphatic rings. The smallest absolute Gasteiger partial charge is 0.00358 e. The Balaban J connectivity index is 1.84. The minimum Gasteiger partial charge on any atom is -0.316 e. The average molecular weight is 252 g/mol. The summed E-state index contributed by atoms with van der Waals surface area (Å²) in [5.74, 6) is 0.862. The van der Waals surface area contributed by atoms with Gasteiger partial charge in [-0.1, -0.05) is 27.7 Å². The summed E-state index contributed by atoms with van der Waals surface area (Å²) in [7, 11) is 0. The van der Waals surface area contributed by atoms with Crippen LogP contribution in [0.25, 0.3) is 0 Å². The quantitative estimate of drug-likeness (QED) is 0.830. The summed E-state index contributed by atoms with van der Waals surface area (Å²) in [6.45, 7) is 16.1. The molecule has 0 bridgehead atoms. The van der Waals surface area contributed by atoms with Crippen LogP contribution in [-0.4, -0.2) is 37.6 Å². The van der Waals surface area contributed by atoms with Crippen LogP contribution in [0.3, 0.4) is 0 Å². The fraction of sp³-hybridized carbons (Fsp3) is 1.00. The van der Waals surface area contributed by atoms with Crippen LogP contribution in [0.15, 0.2) is 0 Å². The highest BCUT2D eigenvalue weighted by atomic mass is 15.1. The van der Waals surface area contributed by atoms with E-state index in [4.69, 9.17) is 0 Å². The first-order valence-corrected chi connectivity index (χ1v) is 7.82. The van der Waals surface area contributed by atoms with E-state index in [0.29, 0.717) is 10.8 Å². The number of piperidine rings is 2. The molecule has 0 amide bonds. The number of nitrogens with one attached hydrogen (secondary N) is 1. The van der Waals surface area contributed by atoms with Crippen molar-refractivity contribution in [1.82, 2.24) is 10.2 Å². The molecule has 2 rings (SSSR count). The number of rotatable bonds is 3. The Morgan fingerprint density at radius 1 is 1.22 bits per heavy atom. The third-order valence-electron chi connectivity index (χ3n) is 5.24. The standard InChI is InChI=1S/C16H32N2/c1-15(2)7-10-18(11-8-15)13-16(3,4)14-6-5-9-17-12-14/h14,17H,5-13H2,1-4H3. The maximum atomic E-state index is 3.57. The number of hydrogen-bond donors (Lipinski definition) is 1. The summed E-state index contributed by atoms with van der Waals surface area (Å²) in [5.41, 5.74) is 1.04. The Bertz CT molecular complexity index is 254. The summed E-state index contributed by atoms with van der Waals surface area (Å²) in [6, 6.07) is 0. The van der Waals surface area contributed by atoms with Crippen molar-refractivity contribution in [2.75, 3.05) is 32.7 Å². The maximum Gasteiger partial charge on any atom is 0.00358 e. The molecule has 106 valence electrons. The largest absolute Gasteiger partial charge is 0.316 e. The van der Waals surface area contributed by atoms with Crippen LogP contribution in [0.2, 0.25) is 0 Å². The molecule has 0 aromatic heterocycles. The van der Waals surface area contributed by atoms with Gasteiger partial charge in [0.05, 0.1) is 0 Å². The number of nitrogens with zero attached hydrogens (tertiary/aromatic N) is 1. The molecule has 2 fully saturated rings. The predicted molar refractivity (Wildman–Crippen MR) is 78.8 cm³/mol. The molecule has 2 nitrogen and oxygen atoms in total. The van der Waals surface area contributed by atoms with Gasteiger partial charge in [0.25, 0.3) is 0 Å². The number of hydrogen-bond acceptors (Lipinski definition) is 2. The van der Waals surface area contributed by atoms with Gasteiger partial charge in [-0.3, -0.25) is 0 Å². The van der Waals surface area contributed by atoms with Gasteiger partial charge in [-0.05, 0) is 68.6 Å². The van der Waals surface area contributed by atoms with Gasteiger partial charge in [0, 0.05) is 6.54 Å². The Hall–Kier alpha value is -0.0800. The molecule has 0 aliphatic carbocycles. The van der Waals surface area contributed by atoms with Crippen LogP contribution < -0.4 is 5.32 Å². The zero-order valence-electron chi connectivity index (χ0n) is 12.9. The lowest BCUT2D eigenvalue weighted by Crippen LogP contribution is -2.47. The molecular formula is C16H32N2. The summed E-state index contributed by atoms with van der Waals surface area (Å²) in [4.78, 5) is 2.71. The van der Waals surface area contributed by atoms with Crippen molar-refractivity contribution in [3.05, 3.63) is 0 Å². The van der Waals surface area contributed by atoms with Crippen molar-refractivity contribution in [3.8, 4) is 0 Å². The highest BCUT2D eigenvalue weighted by Crippen LogP contribution is 2.35. The molecule has 2 aliphatic heterocycles. The van der Waals surface area contributed by atoms with Gasteiger partial charge in [-0.25, -0.2) is 0 Å². The Morgan fingerprint density at radius 2 is 1.89 bits per heavy atom. The molecule has 0 radical (unpaired) electrons. The highest BCUT2D eigenvalue weighted by Gasteiger charge is 2.34. The first-order valence-electron chi connectivity index (χ1n) is 7.82. The number of likely N-dealkylation sites (tertiary alicyclic amines) is 1. The van der Waals surface area contributed by atoms with Gasteiger partial charge < -0.3 is 10.2 Å². The molecule has 0 aromatic carbocycles. The lowest BCUT2D eigenvalue weighted by Gasteiger charge is -2.44. The summed E-state index contributed by atoms with van der Waals surface area (Å²) in [6.07, 6.45) is 5.51. The second kappa shape index (κ2) is 5.50. The maximum absolute atomic E-state index is 3.57. The van der Waals surface area contributed by atoms with Crippen molar-refractivity contribution in [1.29, 1.82) is 0 Å². The van der Waals surface area contributed by atoms with E-state index in [9.17, 15) is 0 Å². The zero-order chi connectivity index (χ0) is 13.2. The summed E-state index contributed by atoms with van der Waals surface area (Å²) in [5, 5.41) is 3.57. The van der Waals surface area contributed by atoms with E-state index >= 15 is 0 Å². The van der Waals surface area contributed by atoms with E-state index in [1.807, 2.05) is 0 Å². The van der Waals surface area contributed by atoms with Gasteiger partial charge in [0.15, 0.2) is 0 Å². The second-order valence-electron chi connectivity index (χ2n) is 7.97. The van der Waals surface area contributed by atoms with Crippen LogP contribution in [0.4, 0.5) is 0 Å². The van der Waals surface area contributed by atoms with E-state index in [1.165, 1.54) is 58.4 Å². The monoisotopic (exact) mass is 252 g/mol. The average Bonchev–Trinajstić information content (AvgIpc) is 2.33. The first kappa shape index (κ1) is 14.3. The molecule has 0 spiro atoms. The lowest BCUT2D eigenvalue weighted by atomic mass is 9.74. The van der Waals surface area contributed by atoms with Crippen LogP contribution in [0, 0.1) is 16.7 Å². The molecular weight excluding hydrogens is 220 g/mol. The third-order valence-corrected chi connectivity index (χ3v) is 5.24. The topological polar surface area (TPSA) is 15.3 Å². The lowest BCUT2D eigenvalue weighted by molar-refractivity contribution is 0.0596. The molecule has 1 atom stereocenters. The SMILES string of the molecule is CC1(C)CCN(CC(C)(C)C2CCCNC2)CC1. The van der Waals surface area contributed by atoms with Gasteiger partial charge in [0.1, 0.15) is 0 Å². The van der Waals surface area contributed by atoms with Crippen LogP contribution in [0.5, 0.6) is 0 Å². The van der Waals surface area contributed by atoms with Crippen molar-refractivity contribution in [2.24, 2.45) is 16.7 Å². The zero-order valence-corrected chi connectivity index (χ0v) is 12.9. The van der Waals surface area contributed by atoms with Crippen LogP contribution >= 0.6 is 0 Å². The van der Waals surface area contributed by atoms with Gasteiger partial charge in [-0.15, -0.1) is 0 Å². The highest BCUT2D eigenvalue weighted by molar-refractivity contribution is 4.87. The van der Waals surface area contributed by atoms with Crippen molar-refractivity contribution in [3.63, 3.8) is 0 Å². The van der Waals surface area contributed by atoms with E-state index in [2.05, 4.69) is 37.9 Å². The Labute approximate surface area is 114 Å². The molecule has 18 heavy (non-hydrogen) atoms. The Morgan fingerprint density at radius 3 is 2.44 bits per heavy atom. The fourth-order valence-electron chi connectivity index (χ4n) is 3.54. The molecule has 2 heterocycles. The summed E-state index contributed by atoms with van der Waals surface area (Å²) < 4.78 is 0. The van der Waals surface area contributed by atoms with Crippen molar-refractivity contribution >= 4 is 0 Å². The van der Waals surface area contributed by atoms with E-state index in [0.717, 1.165) is 5.92 Å². The molecule has 1 unspecified atom stereocenters. The fourth-order valence-corrected chi connectivity index (χ4v) is 3.54. The van der Waals surface area contributed by atoms with Crippen molar-refractivity contribution < 1.29 is 0 Å². The predicted octanol–water partition coefficient (Wildman–Crippen LogP) is 3.13. The van der Waals surface area contributed by atoms with Gasteiger partial charge in [0.2, 0.25) is 0 Å². The minimum atomic E-state index is 0.467. The van der Waals surface area contributed by atoms with Gasteiger partial charge in [-0.2, -0.15) is 0 Å². The normalized spacial score (nSPS) is 30.3. The van der Waals surface area contributed by atoms with E-state index in [-0.39, 0.29) is 0 Å². The van der Waals surface area contributed by atoms with E-state index in [1.54, 1.807) is 0 Å². The molecule has 2 saturated heterocycles. The summed E-state index contributed by atoms with van der Waals surface area (Å²) >= 11 is 0. The van der Waals surface area contributed by atoms with E-state index < -0.39 is 0 Å². The minimum absolute atomic E-state index is 0.467. The first-order chi connectivity index (χ1) is 8.39. The van der Waals surface area contributed by atoms with Crippen LogP contribution in [-0.2, 0) is 0 Å². The van der Waals surface area contributed by atoms with Gasteiger partial charge >= 0.3 is 0 Å². The van der Waals surface area contributed by atoms with Crippen LogP contribution in [0.1, 0.15) is 53.4 Å². The van der Waals surface area contributed by atoms with Crippen molar-refractivity contribution in [2.45, 2.75) is 53.4 Å². The molecule has 0 saturated carbocycles. The third kappa shape index (κ3) is 3.71. The molecule has 2 heteroatoms. The molecule has 1 N–H and O–H groups in total.